The Labute approximate surface area is 148 Å². The number of hydrogen-bond acceptors (Lipinski definition) is 2. The van der Waals surface area contributed by atoms with E-state index in [1.807, 2.05) is 0 Å². The van der Waals surface area contributed by atoms with Gasteiger partial charge in [0.1, 0.15) is 5.82 Å². The molecule has 6 heteroatoms. The first-order chi connectivity index (χ1) is 11.3. The fourth-order valence-corrected chi connectivity index (χ4v) is 3.50. The third-order valence-corrected chi connectivity index (χ3v) is 5.14. The molecule has 1 fully saturated rings. The molecule has 0 unspecified atom stereocenters. The normalized spacial score (nSPS) is 17.2. The molecule has 0 aromatic heterocycles. The third kappa shape index (κ3) is 5.08. The van der Waals surface area contributed by atoms with E-state index in [2.05, 4.69) is 19.2 Å². The molecule has 134 valence electrons. The van der Waals surface area contributed by atoms with E-state index in [0.29, 0.717) is 37.5 Å². The van der Waals surface area contributed by atoms with Crippen molar-refractivity contribution in [1.82, 2.24) is 4.90 Å². The maximum absolute atomic E-state index is 13.3. The zero-order valence-electron chi connectivity index (χ0n) is 14.3. The van der Waals surface area contributed by atoms with Crippen LogP contribution in [0.25, 0.3) is 0 Å². The van der Waals surface area contributed by atoms with Gasteiger partial charge in [0.05, 0.1) is 5.60 Å². The first-order valence-electron chi connectivity index (χ1n) is 8.59. The van der Waals surface area contributed by atoms with E-state index in [4.69, 9.17) is 11.6 Å². The van der Waals surface area contributed by atoms with Crippen molar-refractivity contribution in [1.29, 1.82) is 0 Å². The molecular formula is C18H26ClFN2O2. The summed E-state index contributed by atoms with van der Waals surface area (Å²) in [5.41, 5.74) is -0.349. The Bertz CT molecular complexity index is 550. The SMILES string of the molecule is CCC(CC)CC1(O)CCN(C(=O)Nc2cc(F)cc(Cl)c2)CC1. The summed E-state index contributed by atoms with van der Waals surface area (Å²) in [5.74, 6) is 0.0285. The number of benzene rings is 1. The lowest BCUT2D eigenvalue weighted by molar-refractivity contribution is -0.0309. The lowest BCUT2D eigenvalue weighted by atomic mass is 9.81. The Morgan fingerprint density at radius 2 is 1.96 bits per heavy atom. The van der Waals surface area contributed by atoms with Crippen LogP contribution in [0.4, 0.5) is 14.9 Å². The molecule has 4 nitrogen and oxygen atoms in total. The van der Waals surface area contributed by atoms with E-state index in [9.17, 15) is 14.3 Å². The van der Waals surface area contributed by atoms with Crippen LogP contribution in [0.15, 0.2) is 18.2 Å². The number of nitrogens with one attached hydrogen (secondary N) is 1. The zero-order chi connectivity index (χ0) is 17.7. The van der Waals surface area contributed by atoms with Crippen molar-refractivity contribution < 1.29 is 14.3 Å². The monoisotopic (exact) mass is 356 g/mol. The van der Waals surface area contributed by atoms with Gasteiger partial charge in [0.2, 0.25) is 0 Å². The van der Waals surface area contributed by atoms with Crippen molar-refractivity contribution in [3.63, 3.8) is 0 Å². The number of nitrogens with zero attached hydrogens (tertiary/aromatic N) is 1. The molecule has 0 atom stereocenters. The van der Waals surface area contributed by atoms with Gasteiger partial charge in [-0.15, -0.1) is 0 Å². The number of carbonyl (C=O) groups is 1. The molecule has 1 heterocycles. The van der Waals surface area contributed by atoms with Gasteiger partial charge in [-0.2, -0.15) is 0 Å². The van der Waals surface area contributed by atoms with Gasteiger partial charge < -0.3 is 15.3 Å². The van der Waals surface area contributed by atoms with Crippen molar-refractivity contribution in [2.45, 2.75) is 51.6 Å². The van der Waals surface area contributed by atoms with E-state index in [1.165, 1.54) is 18.2 Å². The Balaban J connectivity index is 1.90. The summed E-state index contributed by atoms with van der Waals surface area (Å²) in [6.45, 7) is 5.27. The number of halogens is 2. The summed E-state index contributed by atoms with van der Waals surface area (Å²) in [4.78, 5) is 14.0. The standard InChI is InChI=1S/C18H26ClFN2O2/c1-3-13(4-2)12-18(24)5-7-22(8-6-18)17(23)21-16-10-14(19)9-15(20)11-16/h9-11,13,24H,3-8,12H2,1-2H3,(H,21,23). The van der Waals surface area contributed by atoms with E-state index in [-0.39, 0.29) is 11.1 Å². The average Bonchev–Trinajstić information content (AvgIpc) is 2.52. The highest BCUT2D eigenvalue weighted by atomic mass is 35.5. The molecule has 0 saturated carbocycles. The van der Waals surface area contributed by atoms with Crippen molar-refractivity contribution in [3.05, 3.63) is 29.0 Å². The van der Waals surface area contributed by atoms with Crippen molar-refractivity contribution in [3.8, 4) is 0 Å². The van der Waals surface area contributed by atoms with E-state index >= 15 is 0 Å². The number of piperidine rings is 1. The van der Waals surface area contributed by atoms with Crippen LogP contribution < -0.4 is 5.32 Å². The minimum atomic E-state index is -0.685. The minimum Gasteiger partial charge on any atom is -0.390 e. The average molecular weight is 357 g/mol. The Kier molecular flexibility index (Phi) is 6.47. The van der Waals surface area contributed by atoms with Crippen LogP contribution in [0.5, 0.6) is 0 Å². The summed E-state index contributed by atoms with van der Waals surface area (Å²) in [6, 6.07) is 3.64. The van der Waals surface area contributed by atoms with Crippen LogP contribution in [-0.4, -0.2) is 34.7 Å². The lowest BCUT2D eigenvalue weighted by Gasteiger charge is -2.39. The Hall–Kier alpha value is -1.33. The van der Waals surface area contributed by atoms with Crippen LogP contribution in [0.1, 0.15) is 46.0 Å². The maximum Gasteiger partial charge on any atom is 0.321 e. The molecule has 1 saturated heterocycles. The first kappa shape index (κ1) is 19.0. The molecule has 0 spiro atoms. The van der Waals surface area contributed by atoms with Gasteiger partial charge >= 0.3 is 6.03 Å². The maximum atomic E-state index is 13.3. The molecule has 0 radical (unpaired) electrons. The summed E-state index contributed by atoms with van der Waals surface area (Å²) < 4.78 is 13.3. The van der Waals surface area contributed by atoms with Gasteiger partial charge in [0, 0.05) is 23.8 Å². The molecule has 0 aliphatic carbocycles. The van der Waals surface area contributed by atoms with Crippen molar-refractivity contribution >= 4 is 23.3 Å². The number of urea groups is 1. The minimum absolute atomic E-state index is 0.239. The van der Waals surface area contributed by atoms with Gasteiger partial charge in [-0.25, -0.2) is 9.18 Å². The van der Waals surface area contributed by atoms with Crippen LogP contribution in [-0.2, 0) is 0 Å². The number of anilines is 1. The zero-order valence-corrected chi connectivity index (χ0v) is 15.1. The molecule has 24 heavy (non-hydrogen) atoms. The van der Waals surface area contributed by atoms with Gasteiger partial charge in [-0.3, -0.25) is 0 Å². The van der Waals surface area contributed by atoms with Crippen LogP contribution in [0.2, 0.25) is 5.02 Å². The largest absolute Gasteiger partial charge is 0.390 e. The van der Waals surface area contributed by atoms with E-state index < -0.39 is 11.4 Å². The lowest BCUT2D eigenvalue weighted by Crippen LogP contribution is -2.48. The highest BCUT2D eigenvalue weighted by Gasteiger charge is 2.35. The summed E-state index contributed by atoms with van der Waals surface area (Å²) in [5, 5.41) is 13.6. The second-order valence-corrected chi connectivity index (χ2v) is 7.12. The highest BCUT2D eigenvalue weighted by Crippen LogP contribution is 2.31. The van der Waals surface area contributed by atoms with Gasteiger partial charge in [-0.05, 0) is 43.4 Å². The number of amides is 2. The topological polar surface area (TPSA) is 52.6 Å². The molecule has 1 aromatic rings. The molecule has 1 aliphatic heterocycles. The fourth-order valence-electron chi connectivity index (χ4n) is 3.27. The number of carbonyl (C=O) groups excluding carboxylic acids is 1. The second kappa shape index (κ2) is 8.17. The number of hydrogen-bond donors (Lipinski definition) is 2. The summed E-state index contributed by atoms with van der Waals surface area (Å²) in [7, 11) is 0. The van der Waals surface area contributed by atoms with Crippen LogP contribution in [0.3, 0.4) is 0 Å². The predicted molar refractivity (Wildman–Crippen MR) is 94.9 cm³/mol. The first-order valence-corrected chi connectivity index (χ1v) is 8.97. The van der Waals surface area contributed by atoms with Crippen LogP contribution >= 0.6 is 11.6 Å². The summed E-state index contributed by atoms with van der Waals surface area (Å²) in [6.07, 6.45) is 4.04. The van der Waals surface area contributed by atoms with Crippen molar-refractivity contribution in [2.24, 2.45) is 5.92 Å². The van der Waals surface area contributed by atoms with E-state index in [1.54, 1.807) is 4.90 Å². The van der Waals surface area contributed by atoms with Gasteiger partial charge in [0.25, 0.3) is 0 Å². The predicted octanol–water partition coefficient (Wildman–Crippen LogP) is 4.66. The molecule has 2 N–H and O–H groups in total. The molecule has 1 aromatic carbocycles. The number of aliphatic hydroxyl groups is 1. The Morgan fingerprint density at radius 3 is 2.50 bits per heavy atom. The fraction of sp³-hybridized carbons (Fsp3) is 0.611. The molecule has 2 amide bonds. The van der Waals surface area contributed by atoms with Gasteiger partial charge in [-0.1, -0.05) is 38.3 Å². The smallest absolute Gasteiger partial charge is 0.321 e. The highest BCUT2D eigenvalue weighted by molar-refractivity contribution is 6.30. The molecule has 2 rings (SSSR count). The van der Waals surface area contributed by atoms with Crippen molar-refractivity contribution in [2.75, 3.05) is 18.4 Å². The number of likely N-dealkylation sites (tertiary alicyclic amines) is 1. The van der Waals surface area contributed by atoms with Crippen LogP contribution in [0, 0.1) is 11.7 Å². The van der Waals surface area contributed by atoms with E-state index in [0.717, 1.165) is 19.3 Å². The molecular weight excluding hydrogens is 331 g/mol. The second-order valence-electron chi connectivity index (χ2n) is 6.69. The number of rotatable bonds is 5. The molecule has 1 aliphatic rings. The molecule has 0 bridgehead atoms. The Morgan fingerprint density at radius 1 is 1.33 bits per heavy atom. The quantitative estimate of drug-likeness (QED) is 0.805. The summed E-state index contributed by atoms with van der Waals surface area (Å²) >= 11 is 5.79. The third-order valence-electron chi connectivity index (χ3n) is 4.92. The van der Waals surface area contributed by atoms with Gasteiger partial charge in [0.15, 0.2) is 0 Å².